The van der Waals surface area contributed by atoms with E-state index in [1.807, 2.05) is 6.92 Å². The second kappa shape index (κ2) is 5.84. The first-order valence-corrected chi connectivity index (χ1v) is 7.83. The van der Waals surface area contributed by atoms with Gasteiger partial charge in [0.1, 0.15) is 6.29 Å². The molecule has 0 bridgehead atoms. The van der Waals surface area contributed by atoms with Crippen LogP contribution in [0.3, 0.4) is 0 Å². The maximum Gasteiger partial charge on any atom is 0.296 e. The zero-order chi connectivity index (χ0) is 13.9. The van der Waals surface area contributed by atoms with E-state index in [4.69, 9.17) is 4.18 Å². The number of aryl methyl sites for hydroxylation is 1. The van der Waals surface area contributed by atoms with Gasteiger partial charge in [-0.3, -0.25) is 4.18 Å². The molecule has 5 heteroatoms. The molecule has 4 nitrogen and oxygen atoms in total. The minimum atomic E-state index is -3.68. The zero-order valence-electron chi connectivity index (χ0n) is 10.9. The standard InChI is InChI=1S/C14H18O4S/c1-11-2-6-14(7-3-11)19(16,17)18-10-13-5-4-12(8-13)9-15/h2-3,6-7,9,12-13H,4-5,8,10H2,1H3/t12-,13-/m0/s1. The van der Waals surface area contributed by atoms with Gasteiger partial charge in [-0.05, 0) is 44.2 Å². The van der Waals surface area contributed by atoms with Crippen LogP contribution in [0.5, 0.6) is 0 Å². The summed E-state index contributed by atoms with van der Waals surface area (Å²) in [6.45, 7) is 2.07. The molecule has 0 radical (unpaired) electrons. The SMILES string of the molecule is Cc1ccc(S(=O)(=O)OC[C@H]2CC[C@H](C=O)C2)cc1. The molecule has 0 aromatic heterocycles. The maximum atomic E-state index is 12.0. The topological polar surface area (TPSA) is 60.4 Å². The van der Waals surface area contributed by atoms with Gasteiger partial charge in [0, 0.05) is 5.92 Å². The Kier molecular flexibility index (Phi) is 4.37. The van der Waals surface area contributed by atoms with Crippen LogP contribution in [0.1, 0.15) is 24.8 Å². The smallest absolute Gasteiger partial charge is 0.296 e. The Morgan fingerprint density at radius 2 is 1.95 bits per heavy atom. The van der Waals surface area contributed by atoms with Crippen molar-refractivity contribution in [2.45, 2.75) is 31.1 Å². The lowest BCUT2D eigenvalue weighted by atomic mass is 10.1. The summed E-state index contributed by atoms with van der Waals surface area (Å²) in [7, 11) is -3.68. The highest BCUT2D eigenvalue weighted by molar-refractivity contribution is 7.86. The van der Waals surface area contributed by atoms with Crippen molar-refractivity contribution < 1.29 is 17.4 Å². The van der Waals surface area contributed by atoms with E-state index in [2.05, 4.69) is 0 Å². The molecule has 0 aliphatic heterocycles. The van der Waals surface area contributed by atoms with E-state index in [9.17, 15) is 13.2 Å². The van der Waals surface area contributed by atoms with Gasteiger partial charge in [-0.2, -0.15) is 8.42 Å². The highest BCUT2D eigenvalue weighted by Crippen LogP contribution is 2.30. The summed E-state index contributed by atoms with van der Waals surface area (Å²) in [4.78, 5) is 10.8. The zero-order valence-corrected chi connectivity index (χ0v) is 11.7. The first-order valence-electron chi connectivity index (χ1n) is 6.42. The van der Waals surface area contributed by atoms with Crippen LogP contribution in [0.15, 0.2) is 29.2 Å². The molecule has 2 rings (SSSR count). The second-order valence-electron chi connectivity index (χ2n) is 5.13. The van der Waals surface area contributed by atoms with Crippen molar-refractivity contribution in [1.29, 1.82) is 0 Å². The van der Waals surface area contributed by atoms with Gasteiger partial charge < -0.3 is 4.79 Å². The molecule has 1 aliphatic rings. The fraction of sp³-hybridized carbons (Fsp3) is 0.500. The lowest BCUT2D eigenvalue weighted by Crippen LogP contribution is -2.13. The Hall–Kier alpha value is -1.20. The van der Waals surface area contributed by atoms with Crippen LogP contribution >= 0.6 is 0 Å². The van der Waals surface area contributed by atoms with E-state index in [1.54, 1.807) is 24.3 Å². The number of rotatable bonds is 5. The minimum Gasteiger partial charge on any atom is -0.303 e. The number of aldehydes is 1. The molecule has 19 heavy (non-hydrogen) atoms. The molecule has 0 spiro atoms. The number of carbonyl (C=O) groups excluding carboxylic acids is 1. The fourth-order valence-electron chi connectivity index (χ4n) is 2.35. The molecule has 1 aliphatic carbocycles. The van der Waals surface area contributed by atoms with Gasteiger partial charge in [-0.1, -0.05) is 17.7 Å². The Labute approximate surface area is 113 Å². The van der Waals surface area contributed by atoms with Crippen LogP contribution in [0.25, 0.3) is 0 Å². The fourth-order valence-corrected chi connectivity index (χ4v) is 3.32. The highest BCUT2D eigenvalue weighted by Gasteiger charge is 2.26. The molecule has 1 aromatic carbocycles. The summed E-state index contributed by atoms with van der Waals surface area (Å²) >= 11 is 0. The van der Waals surface area contributed by atoms with E-state index in [0.717, 1.165) is 31.1 Å². The monoisotopic (exact) mass is 282 g/mol. The molecule has 0 amide bonds. The third-order valence-corrected chi connectivity index (χ3v) is 4.84. The van der Waals surface area contributed by atoms with E-state index in [0.29, 0.717) is 0 Å². The van der Waals surface area contributed by atoms with Gasteiger partial charge in [0.15, 0.2) is 0 Å². The summed E-state index contributed by atoms with van der Waals surface area (Å²) in [6, 6.07) is 6.59. The average molecular weight is 282 g/mol. The summed E-state index contributed by atoms with van der Waals surface area (Å²) in [5, 5.41) is 0. The van der Waals surface area contributed by atoms with E-state index in [-0.39, 0.29) is 23.3 Å². The Bertz CT molecular complexity index is 533. The third kappa shape index (κ3) is 3.64. The van der Waals surface area contributed by atoms with Crippen molar-refractivity contribution in [2.75, 3.05) is 6.61 Å². The molecule has 2 atom stereocenters. The first kappa shape index (κ1) is 14.2. The Morgan fingerprint density at radius 1 is 1.26 bits per heavy atom. The number of hydrogen-bond donors (Lipinski definition) is 0. The van der Waals surface area contributed by atoms with Crippen LogP contribution in [0.2, 0.25) is 0 Å². The van der Waals surface area contributed by atoms with Gasteiger partial charge in [0.05, 0.1) is 11.5 Å². The molecule has 0 unspecified atom stereocenters. The van der Waals surface area contributed by atoms with Crippen molar-refractivity contribution in [1.82, 2.24) is 0 Å². The van der Waals surface area contributed by atoms with Crippen LogP contribution in [0, 0.1) is 18.8 Å². The number of carbonyl (C=O) groups is 1. The Morgan fingerprint density at radius 3 is 2.53 bits per heavy atom. The third-order valence-electron chi connectivity index (χ3n) is 3.54. The molecule has 1 saturated carbocycles. The molecule has 1 aromatic rings. The predicted molar refractivity (Wildman–Crippen MR) is 71.2 cm³/mol. The van der Waals surface area contributed by atoms with E-state index >= 15 is 0 Å². The van der Waals surface area contributed by atoms with Crippen molar-refractivity contribution in [3.63, 3.8) is 0 Å². The van der Waals surface area contributed by atoms with Gasteiger partial charge in [0.2, 0.25) is 0 Å². The number of hydrogen-bond acceptors (Lipinski definition) is 4. The van der Waals surface area contributed by atoms with Crippen molar-refractivity contribution in [2.24, 2.45) is 11.8 Å². The van der Waals surface area contributed by atoms with Crippen molar-refractivity contribution in [3.8, 4) is 0 Å². The van der Waals surface area contributed by atoms with Crippen molar-refractivity contribution >= 4 is 16.4 Å². The lowest BCUT2D eigenvalue weighted by Gasteiger charge is -2.10. The van der Waals surface area contributed by atoms with E-state index in [1.165, 1.54) is 0 Å². The molecule has 1 fully saturated rings. The minimum absolute atomic E-state index is 0.0654. The average Bonchev–Trinajstić information content (AvgIpc) is 2.85. The Balaban J connectivity index is 1.95. The van der Waals surface area contributed by atoms with Crippen LogP contribution in [-0.4, -0.2) is 21.3 Å². The number of benzene rings is 1. The van der Waals surface area contributed by atoms with Crippen LogP contribution < -0.4 is 0 Å². The normalized spacial score (nSPS) is 23.4. The van der Waals surface area contributed by atoms with Crippen LogP contribution in [-0.2, 0) is 19.1 Å². The predicted octanol–water partition coefficient (Wildman–Crippen LogP) is 2.32. The molecule has 0 saturated heterocycles. The van der Waals surface area contributed by atoms with Gasteiger partial charge in [-0.25, -0.2) is 0 Å². The summed E-state index contributed by atoms with van der Waals surface area (Å²) in [6.07, 6.45) is 3.37. The quantitative estimate of drug-likeness (QED) is 0.614. The van der Waals surface area contributed by atoms with Gasteiger partial charge in [0.25, 0.3) is 10.1 Å². The molecule has 0 N–H and O–H groups in total. The molecule has 104 valence electrons. The van der Waals surface area contributed by atoms with Crippen molar-refractivity contribution in [3.05, 3.63) is 29.8 Å². The summed E-state index contributed by atoms with van der Waals surface area (Å²) < 4.78 is 29.0. The maximum absolute atomic E-state index is 12.0. The van der Waals surface area contributed by atoms with E-state index < -0.39 is 10.1 Å². The molecule has 0 heterocycles. The van der Waals surface area contributed by atoms with Gasteiger partial charge in [-0.15, -0.1) is 0 Å². The van der Waals surface area contributed by atoms with Gasteiger partial charge >= 0.3 is 0 Å². The second-order valence-corrected chi connectivity index (χ2v) is 6.74. The summed E-state index contributed by atoms with van der Waals surface area (Å²) in [5.74, 6) is 0.228. The summed E-state index contributed by atoms with van der Waals surface area (Å²) in [5.41, 5.74) is 1.00. The molecular weight excluding hydrogens is 264 g/mol. The molecular formula is C14H18O4S. The first-order chi connectivity index (χ1) is 9.01. The highest BCUT2D eigenvalue weighted by atomic mass is 32.2. The largest absolute Gasteiger partial charge is 0.303 e. The lowest BCUT2D eigenvalue weighted by molar-refractivity contribution is -0.111. The van der Waals surface area contributed by atoms with Crippen LogP contribution in [0.4, 0.5) is 0 Å².